The number of carbonyl (C=O) groups excluding carboxylic acids is 1. The lowest BCUT2D eigenvalue weighted by atomic mass is 9.99. The van der Waals surface area contributed by atoms with Gasteiger partial charge in [0.05, 0.1) is 38.8 Å². The van der Waals surface area contributed by atoms with Crippen molar-refractivity contribution in [2.45, 2.75) is 44.4 Å². The molecule has 0 aromatic heterocycles. The average molecular weight is 621 g/mol. The van der Waals surface area contributed by atoms with Crippen LogP contribution >= 0.6 is 23.2 Å². The lowest BCUT2D eigenvalue weighted by Gasteiger charge is -2.38. The summed E-state index contributed by atoms with van der Waals surface area (Å²) in [4.78, 5) is 17.5. The number of hydrogen-bond donors (Lipinski definition) is 2. The fourth-order valence-corrected chi connectivity index (χ4v) is 6.17. The molecule has 1 aliphatic rings. The summed E-state index contributed by atoms with van der Waals surface area (Å²) in [5, 5.41) is 10.9. The molecule has 1 heterocycles. The molecule has 3 aromatic carbocycles. The number of halogens is 2. The Balaban J connectivity index is 1.70. The van der Waals surface area contributed by atoms with E-state index in [-0.39, 0.29) is 40.3 Å². The van der Waals surface area contributed by atoms with Crippen molar-refractivity contribution in [3.05, 3.63) is 87.4 Å². The number of amides is 1. The molecule has 2 N–H and O–H groups in total. The van der Waals surface area contributed by atoms with Gasteiger partial charge in [-0.15, -0.1) is 0 Å². The SMILES string of the molecule is Cc1ccc(S(=O)(=O)Nc2cccc3c2O[C@H](CN(C)Cc2ccc(Cl)c(Cl)c2)[C@H](C)CN([C@@H](C)CO)C3=O)cc1. The molecule has 1 aliphatic heterocycles. The van der Waals surface area contributed by atoms with Crippen molar-refractivity contribution in [2.75, 3.05) is 31.5 Å². The number of sulfonamides is 1. The fraction of sp³-hybridized carbons (Fsp3) is 0.367. The first kappa shape index (κ1) is 31.1. The average Bonchev–Trinajstić information content (AvgIpc) is 2.92. The monoisotopic (exact) mass is 619 g/mol. The van der Waals surface area contributed by atoms with E-state index < -0.39 is 22.2 Å². The smallest absolute Gasteiger partial charge is 0.262 e. The number of carbonyl (C=O) groups is 1. The molecule has 0 aliphatic carbocycles. The van der Waals surface area contributed by atoms with E-state index in [4.69, 9.17) is 27.9 Å². The number of anilines is 1. The molecule has 0 fully saturated rings. The Hall–Kier alpha value is -2.82. The molecule has 0 spiro atoms. The van der Waals surface area contributed by atoms with E-state index in [1.807, 2.05) is 33.0 Å². The number of fused-ring (bicyclic) bond motifs is 1. The van der Waals surface area contributed by atoms with Crippen LogP contribution in [0.5, 0.6) is 5.75 Å². The van der Waals surface area contributed by atoms with Gasteiger partial charge < -0.3 is 14.7 Å². The standard InChI is InChI=1S/C30H35Cl2N3O5S/c1-19-8-11-23(12-9-19)41(38,39)33-27-7-5-6-24-29(27)40-28(20(2)15-35(30(24)37)21(3)18-36)17-34(4)16-22-10-13-25(31)26(32)14-22/h5-14,20-21,28,33,36H,15-18H2,1-4H3/t20-,21+,28-/m1/s1. The van der Waals surface area contributed by atoms with Crippen LogP contribution in [0.15, 0.2) is 65.6 Å². The molecule has 0 saturated heterocycles. The number of aryl methyl sites for hydroxylation is 1. The molecule has 220 valence electrons. The highest BCUT2D eigenvalue weighted by Gasteiger charge is 2.35. The highest BCUT2D eigenvalue weighted by atomic mass is 35.5. The largest absolute Gasteiger partial charge is 0.486 e. The van der Waals surface area contributed by atoms with Gasteiger partial charge in [-0.05, 0) is 62.9 Å². The number of ether oxygens (including phenoxy) is 1. The van der Waals surface area contributed by atoms with Crippen LogP contribution in [0.25, 0.3) is 0 Å². The van der Waals surface area contributed by atoms with Crippen molar-refractivity contribution in [3.8, 4) is 5.75 Å². The normalized spacial score (nSPS) is 18.3. The summed E-state index contributed by atoms with van der Waals surface area (Å²) in [5.74, 6) is -0.339. The number of benzene rings is 3. The van der Waals surface area contributed by atoms with Gasteiger partial charge in [0.2, 0.25) is 0 Å². The minimum absolute atomic E-state index is 0.0969. The summed E-state index contributed by atoms with van der Waals surface area (Å²) in [7, 11) is -2.02. The minimum Gasteiger partial charge on any atom is -0.486 e. The number of hydrogen-bond acceptors (Lipinski definition) is 6. The first-order valence-electron chi connectivity index (χ1n) is 13.3. The molecular weight excluding hydrogens is 585 g/mol. The van der Waals surface area contributed by atoms with Crippen LogP contribution in [0, 0.1) is 12.8 Å². The second-order valence-corrected chi connectivity index (χ2v) is 13.2. The number of rotatable bonds is 9. The summed E-state index contributed by atoms with van der Waals surface area (Å²) in [5.41, 5.74) is 2.29. The van der Waals surface area contributed by atoms with Crippen molar-refractivity contribution in [1.82, 2.24) is 9.80 Å². The van der Waals surface area contributed by atoms with E-state index in [9.17, 15) is 18.3 Å². The lowest BCUT2D eigenvalue weighted by molar-refractivity contribution is 0.0344. The van der Waals surface area contributed by atoms with Gasteiger partial charge in [0.1, 0.15) is 6.10 Å². The molecule has 3 atom stereocenters. The summed E-state index contributed by atoms with van der Waals surface area (Å²) in [6.07, 6.45) is -0.423. The Bertz CT molecular complexity index is 1500. The van der Waals surface area contributed by atoms with Crippen LogP contribution in [0.4, 0.5) is 5.69 Å². The van der Waals surface area contributed by atoms with Gasteiger partial charge in [0.25, 0.3) is 15.9 Å². The molecular formula is C30H35Cl2N3O5S. The van der Waals surface area contributed by atoms with E-state index >= 15 is 0 Å². The Morgan fingerprint density at radius 2 is 1.83 bits per heavy atom. The van der Waals surface area contributed by atoms with Crippen LogP contribution < -0.4 is 9.46 Å². The van der Waals surface area contributed by atoms with Gasteiger partial charge in [-0.3, -0.25) is 14.4 Å². The van der Waals surface area contributed by atoms with Gasteiger partial charge in [-0.25, -0.2) is 8.42 Å². The zero-order chi connectivity index (χ0) is 29.9. The van der Waals surface area contributed by atoms with Crippen LogP contribution in [0.2, 0.25) is 10.0 Å². The van der Waals surface area contributed by atoms with Crippen LogP contribution in [-0.2, 0) is 16.6 Å². The first-order valence-corrected chi connectivity index (χ1v) is 15.6. The number of aliphatic hydroxyl groups excluding tert-OH is 1. The Morgan fingerprint density at radius 3 is 2.49 bits per heavy atom. The fourth-order valence-electron chi connectivity index (χ4n) is 4.78. The molecule has 0 saturated carbocycles. The topological polar surface area (TPSA) is 99.2 Å². The minimum atomic E-state index is -3.97. The molecule has 3 aromatic rings. The molecule has 0 radical (unpaired) electrons. The third-order valence-corrected chi connectivity index (χ3v) is 9.32. The lowest BCUT2D eigenvalue weighted by Crippen LogP contribution is -2.49. The molecule has 8 nitrogen and oxygen atoms in total. The summed E-state index contributed by atoms with van der Waals surface area (Å²) in [6.45, 7) is 6.81. The van der Waals surface area contributed by atoms with Crippen LogP contribution in [-0.4, -0.2) is 68.1 Å². The predicted molar refractivity (Wildman–Crippen MR) is 162 cm³/mol. The summed E-state index contributed by atoms with van der Waals surface area (Å²) < 4.78 is 35.8. The molecule has 4 rings (SSSR count). The van der Waals surface area contributed by atoms with E-state index in [2.05, 4.69) is 9.62 Å². The van der Waals surface area contributed by atoms with Crippen molar-refractivity contribution >= 4 is 44.8 Å². The van der Waals surface area contributed by atoms with E-state index in [1.165, 1.54) is 12.1 Å². The zero-order valence-corrected chi connectivity index (χ0v) is 25.8. The number of nitrogens with one attached hydrogen (secondary N) is 1. The zero-order valence-electron chi connectivity index (χ0n) is 23.5. The Kier molecular flexibility index (Phi) is 9.87. The van der Waals surface area contributed by atoms with Crippen molar-refractivity contribution in [2.24, 2.45) is 5.92 Å². The number of likely N-dealkylation sites (N-methyl/N-ethyl adjacent to an activating group) is 1. The molecule has 41 heavy (non-hydrogen) atoms. The van der Waals surface area contributed by atoms with Crippen molar-refractivity contribution in [3.63, 3.8) is 0 Å². The Morgan fingerprint density at radius 1 is 1.12 bits per heavy atom. The second kappa shape index (κ2) is 13.0. The molecule has 0 bridgehead atoms. The summed E-state index contributed by atoms with van der Waals surface area (Å²) >= 11 is 12.3. The highest BCUT2D eigenvalue weighted by molar-refractivity contribution is 7.92. The second-order valence-electron chi connectivity index (χ2n) is 10.7. The highest BCUT2D eigenvalue weighted by Crippen LogP contribution is 2.36. The predicted octanol–water partition coefficient (Wildman–Crippen LogP) is 5.45. The van der Waals surface area contributed by atoms with Crippen LogP contribution in [0.1, 0.15) is 35.3 Å². The third kappa shape index (κ3) is 7.34. The number of aliphatic hydroxyl groups is 1. The van der Waals surface area contributed by atoms with Crippen LogP contribution in [0.3, 0.4) is 0 Å². The van der Waals surface area contributed by atoms with Gasteiger partial charge in [-0.2, -0.15) is 0 Å². The molecule has 0 unspecified atom stereocenters. The van der Waals surface area contributed by atoms with Crippen molar-refractivity contribution in [1.29, 1.82) is 0 Å². The van der Waals surface area contributed by atoms with Gasteiger partial charge in [-0.1, -0.05) is 60.0 Å². The maximum Gasteiger partial charge on any atom is 0.262 e. The van der Waals surface area contributed by atoms with Gasteiger partial charge >= 0.3 is 0 Å². The number of para-hydroxylation sites is 1. The van der Waals surface area contributed by atoms with E-state index in [0.717, 1.165) is 11.1 Å². The quantitative estimate of drug-likeness (QED) is 0.330. The molecule has 1 amide bonds. The Labute approximate surface area is 251 Å². The molecule has 11 heteroatoms. The maximum atomic E-state index is 13.7. The van der Waals surface area contributed by atoms with E-state index in [1.54, 1.807) is 48.2 Å². The van der Waals surface area contributed by atoms with Gasteiger partial charge in [0.15, 0.2) is 5.75 Å². The number of nitrogens with zero attached hydrogens (tertiary/aromatic N) is 2. The first-order chi connectivity index (χ1) is 19.4. The third-order valence-electron chi connectivity index (χ3n) is 7.19. The maximum absolute atomic E-state index is 13.7. The van der Waals surface area contributed by atoms with E-state index in [0.29, 0.717) is 29.7 Å². The van der Waals surface area contributed by atoms with Crippen molar-refractivity contribution < 1.29 is 23.1 Å². The summed E-state index contributed by atoms with van der Waals surface area (Å²) in [6, 6.07) is 16.4. The van der Waals surface area contributed by atoms with Gasteiger partial charge in [0, 0.05) is 25.6 Å².